The third-order valence-electron chi connectivity index (χ3n) is 13.0. The Bertz CT molecular complexity index is 1750. The first kappa shape index (κ1) is 38.1. The van der Waals surface area contributed by atoms with Gasteiger partial charge in [0.1, 0.15) is 0 Å². The number of hydrogen-bond acceptors (Lipinski definition) is 1. The van der Waals surface area contributed by atoms with E-state index in [1.165, 1.54) is 125 Å². The number of hydrogen-bond donors (Lipinski definition) is 0. The Morgan fingerprint density at radius 3 is 1.55 bits per heavy atom. The van der Waals surface area contributed by atoms with Crippen LogP contribution in [0, 0.1) is 6.92 Å². The normalized spacial score (nSPS) is 17.8. The molecule has 3 heteroatoms. The van der Waals surface area contributed by atoms with Gasteiger partial charge in [0.05, 0.1) is 5.41 Å². The fourth-order valence-corrected chi connectivity index (χ4v) is 9.48. The molecule has 4 aromatic rings. The van der Waals surface area contributed by atoms with E-state index >= 15 is 0 Å². The second-order valence-electron chi connectivity index (χ2n) is 16.4. The second-order valence-corrected chi connectivity index (χ2v) is 16.9. The first-order valence-corrected chi connectivity index (χ1v) is 21.2. The Balaban J connectivity index is 1.61. The fourth-order valence-electron chi connectivity index (χ4n) is 9.34. The van der Waals surface area contributed by atoms with Crippen molar-refractivity contribution in [3.63, 3.8) is 0 Å². The highest BCUT2D eigenvalue weighted by Gasteiger charge is 2.52. The maximum absolute atomic E-state index is 6.04. The lowest BCUT2D eigenvalue weighted by atomic mass is 9.66. The zero-order valence-electron chi connectivity index (χ0n) is 32.9. The van der Waals surface area contributed by atoms with Gasteiger partial charge in [-0.15, -0.1) is 9.24 Å². The minimum Gasteiger partial charge on any atom is -0.434 e. The van der Waals surface area contributed by atoms with Crippen molar-refractivity contribution in [2.24, 2.45) is 0 Å². The van der Waals surface area contributed by atoms with Crippen LogP contribution >= 0.6 is 9.24 Å². The lowest BCUT2D eigenvalue weighted by molar-refractivity contribution is 0.371. The molecule has 2 aliphatic carbocycles. The van der Waals surface area contributed by atoms with Gasteiger partial charge in [-0.25, -0.2) is 0 Å². The molecule has 1 spiro atoms. The minimum absolute atomic E-state index is 0.141. The summed E-state index contributed by atoms with van der Waals surface area (Å²) in [5.41, 5.74) is 16.7. The Morgan fingerprint density at radius 2 is 1.06 bits per heavy atom. The van der Waals surface area contributed by atoms with E-state index < -0.39 is 0 Å². The predicted octanol–water partition coefficient (Wildman–Crippen LogP) is 12.8. The van der Waals surface area contributed by atoms with Crippen molar-refractivity contribution in [3.05, 3.63) is 112 Å². The summed E-state index contributed by atoms with van der Waals surface area (Å²) in [7, 11) is 4.76. The smallest absolute Gasteiger partial charge is 0.330 e. The van der Waals surface area contributed by atoms with Crippen molar-refractivity contribution in [1.29, 1.82) is 0 Å². The summed E-state index contributed by atoms with van der Waals surface area (Å²) < 4.78 is 6.04. The molecule has 1 nitrogen and oxygen atoms in total. The fraction of sp³-hybridized carbons (Fsp3) is 0.500. The summed E-state index contributed by atoms with van der Waals surface area (Å²) in [6.07, 6.45) is 16.1. The molecule has 0 aliphatic heterocycles. The average Bonchev–Trinajstić information content (AvgIpc) is 3.60. The van der Waals surface area contributed by atoms with Crippen LogP contribution < -0.4 is 5.46 Å². The molecule has 0 amide bonds. The predicted molar refractivity (Wildman–Crippen MR) is 226 cm³/mol. The summed E-state index contributed by atoms with van der Waals surface area (Å²) in [6, 6.07) is 29.6. The molecule has 4 aromatic carbocycles. The first-order chi connectivity index (χ1) is 24.7. The van der Waals surface area contributed by atoms with Gasteiger partial charge in [0, 0.05) is 6.61 Å². The van der Waals surface area contributed by atoms with Crippen LogP contribution in [0.4, 0.5) is 0 Å². The minimum atomic E-state index is -0.383. The molecule has 3 atom stereocenters. The molecule has 0 saturated carbocycles. The molecule has 51 heavy (non-hydrogen) atoms. The van der Waals surface area contributed by atoms with Gasteiger partial charge >= 0.3 is 7.48 Å². The number of unbranched alkanes of at least 4 members (excludes halogenated alkanes) is 6. The van der Waals surface area contributed by atoms with Crippen molar-refractivity contribution in [3.8, 4) is 22.3 Å². The van der Waals surface area contributed by atoms with Gasteiger partial charge in [0.2, 0.25) is 0 Å². The third kappa shape index (κ3) is 6.95. The number of benzene rings is 4. The zero-order valence-corrected chi connectivity index (χ0v) is 34.0. The van der Waals surface area contributed by atoms with Crippen molar-refractivity contribution in [2.75, 3.05) is 12.8 Å². The van der Waals surface area contributed by atoms with Gasteiger partial charge < -0.3 is 4.65 Å². The van der Waals surface area contributed by atoms with Gasteiger partial charge in [0.25, 0.3) is 0 Å². The van der Waals surface area contributed by atoms with E-state index in [1.807, 2.05) is 7.48 Å². The lowest BCUT2D eigenvalue weighted by Gasteiger charge is -2.35. The molecule has 3 unspecified atom stereocenters. The van der Waals surface area contributed by atoms with E-state index in [2.05, 4.69) is 131 Å². The highest BCUT2D eigenvalue weighted by Crippen LogP contribution is 2.63. The van der Waals surface area contributed by atoms with Crippen LogP contribution in [0.2, 0.25) is 0 Å². The van der Waals surface area contributed by atoms with Crippen LogP contribution in [-0.4, -0.2) is 20.3 Å². The average molecular weight is 698 g/mol. The molecule has 0 fully saturated rings. The van der Waals surface area contributed by atoms with E-state index in [9.17, 15) is 0 Å². The number of fused-ring (bicyclic) bond motifs is 10. The highest BCUT2D eigenvalue weighted by molar-refractivity contribution is 7.16. The van der Waals surface area contributed by atoms with Crippen LogP contribution in [0.25, 0.3) is 22.3 Å². The number of rotatable bonds is 18. The largest absolute Gasteiger partial charge is 0.434 e. The topological polar surface area (TPSA) is 9.23 Å². The quantitative estimate of drug-likeness (QED) is 0.0493. The molecule has 6 rings (SSSR count). The Kier molecular flexibility index (Phi) is 12.1. The summed E-state index contributed by atoms with van der Waals surface area (Å²) in [5, 5.41) is 0. The third-order valence-corrected chi connectivity index (χ3v) is 13.3. The molecule has 0 saturated heterocycles. The van der Waals surface area contributed by atoms with Gasteiger partial charge in [-0.05, 0) is 105 Å². The van der Waals surface area contributed by atoms with Crippen molar-refractivity contribution in [1.82, 2.24) is 0 Å². The van der Waals surface area contributed by atoms with E-state index in [-0.39, 0.29) is 16.2 Å². The Hall–Kier alpha value is -2.67. The Labute approximate surface area is 314 Å². The lowest BCUT2D eigenvalue weighted by Crippen LogP contribution is -2.30. The van der Waals surface area contributed by atoms with E-state index in [1.54, 1.807) is 0 Å². The van der Waals surface area contributed by atoms with Crippen LogP contribution in [-0.2, 0) is 20.9 Å². The zero-order chi connectivity index (χ0) is 36.2. The first-order valence-electron chi connectivity index (χ1n) is 20.4. The molecule has 2 aliphatic rings. The van der Waals surface area contributed by atoms with E-state index in [0.29, 0.717) is 6.61 Å². The van der Waals surface area contributed by atoms with Crippen LogP contribution in [0.3, 0.4) is 0 Å². The SMILES string of the molecule is CCCCCCC(C)(CC)c1ccc2c(c1)C1(c3cc(C)ccc3-c3ccc([B]OCCP)cc31)c1cc(C(C)(CC)CCCCCC)ccc1-2. The van der Waals surface area contributed by atoms with Crippen molar-refractivity contribution >= 4 is 22.2 Å². The van der Waals surface area contributed by atoms with Gasteiger partial charge in [-0.1, -0.05) is 177 Å². The van der Waals surface area contributed by atoms with Crippen molar-refractivity contribution in [2.45, 2.75) is 142 Å². The summed E-state index contributed by atoms with van der Waals surface area (Å²) in [4.78, 5) is 0. The molecular weight excluding hydrogens is 634 g/mol. The second kappa shape index (κ2) is 16.1. The van der Waals surface area contributed by atoms with Gasteiger partial charge in [-0.2, -0.15) is 0 Å². The molecular formula is C48H63BOP. The van der Waals surface area contributed by atoms with Gasteiger partial charge in [-0.3, -0.25) is 0 Å². The van der Waals surface area contributed by atoms with Crippen LogP contribution in [0.1, 0.15) is 158 Å². The summed E-state index contributed by atoms with van der Waals surface area (Å²) in [5.74, 6) is 0. The summed E-state index contributed by atoms with van der Waals surface area (Å²) in [6.45, 7) is 17.4. The monoisotopic (exact) mass is 697 g/mol. The molecule has 0 N–H and O–H groups in total. The Morgan fingerprint density at radius 1 is 0.588 bits per heavy atom. The molecule has 269 valence electrons. The standard InChI is InChI=1S/C48H63BOP/c1-8-12-14-16-26-46(6,10-3)35-19-23-39-40-24-20-36(47(7,11-4)27-17-15-13-9-2)32-44(40)48(43(39)31-35)42-30-34(5)18-22-38(42)41-25-21-37(33-45(41)48)49-50-28-29-51/h18-25,30-33H,8-17,26-29,51H2,1-7H3. The number of aryl methyl sites for hydroxylation is 1. The van der Waals surface area contributed by atoms with Crippen LogP contribution in [0.15, 0.2) is 72.8 Å². The summed E-state index contributed by atoms with van der Waals surface area (Å²) >= 11 is 0. The van der Waals surface area contributed by atoms with E-state index in [4.69, 9.17) is 4.65 Å². The van der Waals surface area contributed by atoms with Crippen LogP contribution in [0.5, 0.6) is 0 Å². The van der Waals surface area contributed by atoms with E-state index in [0.717, 1.165) is 24.5 Å². The van der Waals surface area contributed by atoms with Crippen molar-refractivity contribution < 1.29 is 4.65 Å². The highest BCUT2D eigenvalue weighted by atomic mass is 31.0. The van der Waals surface area contributed by atoms with Gasteiger partial charge in [0.15, 0.2) is 0 Å². The maximum Gasteiger partial charge on any atom is 0.330 e. The molecule has 1 radical (unpaired) electrons. The maximum atomic E-state index is 6.04. The molecule has 0 bridgehead atoms. The molecule has 0 heterocycles. The molecule has 0 aromatic heterocycles.